The number of fused-ring (bicyclic) bond motifs is 1. The van der Waals surface area contributed by atoms with Gasteiger partial charge < -0.3 is 4.74 Å². The normalized spacial score (nSPS) is 17.6. The summed E-state index contributed by atoms with van der Waals surface area (Å²) in [6, 6.07) is 6.98. The molecule has 1 heterocycles. The summed E-state index contributed by atoms with van der Waals surface area (Å²) in [5, 5.41) is 0. The van der Waals surface area contributed by atoms with Crippen molar-refractivity contribution in [3.8, 4) is 0 Å². The van der Waals surface area contributed by atoms with Gasteiger partial charge in [-0.25, -0.2) is 3.11 Å². The van der Waals surface area contributed by atoms with Gasteiger partial charge in [0.1, 0.15) is 0 Å². The van der Waals surface area contributed by atoms with E-state index in [0.717, 1.165) is 3.11 Å². The van der Waals surface area contributed by atoms with Crippen molar-refractivity contribution in [1.29, 1.82) is 0 Å². The molecule has 0 aliphatic carbocycles. The molecule has 0 fully saturated rings. The maximum absolute atomic E-state index is 11.8. The van der Waals surface area contributed by atoms with Crippen molar-refractivity contribution in [3.05, 3.63) is 41.7 Å². The highest BCUT2D eigenvalue weighted by molar-refractivity contribution is 14.1. The van der Waals surface area contributed by atoms with Crippen LogP contribution in [0.4, 0.5) is 0 Å². The average Bonchev–Trinajstić information content (AvgIpc) is 2.32. The first kappa shape index (κ1) is 11.1. The van der Waals surface area contributed by atoms with Crippen molar-refractivity contribution in [2.24, 2.45) is 0 Å². The van der Waals surface area contributed by atoms with E-state index in [4.69, 9.17) is 4.74 Å². The lowest BCUT2D eigenvalue weighted by Gasteiger charge is -2.22. The number of nitrogens with zero attached hydrogens (tertiary/aromatic N) is 1. The number of carbonyl (C=O) groups excluding carboxylic acids is 2. The molecule has 0 spiro atoms. The topological polar surface area (TPSA) is 46.6 Å². The van der Waals surface area contributed by atoms with Gasteiger partial charge in [-0.2, -0.15) is 0 Å². The Morgan fingerprint density at radius 1 is 1.19 bits per heavy atom. The van der Waals surface area contributed by atoms with Crippen molar-refractivity contribution in [3.63, 3.8) is 0 Å². The van der Waals surface area contributed by atoms with E-state index >= 15 is 0 Å². The predicted octanol–water partition coefficient (Wildman–Crippen LogP) is 2.01. The van der Waals surface area contributed by atoms with E-state index in [-0.39, 0.29) is 11.8 Å². The maximum Gasteiger partial charge on any atom is 0.273 e. The molecule has 16 heavy (non-hydrogen) atoms. The second-order valence-electron chi connectivity index (χ2n) is 3.20. The maximum atomic E-state index is 11.8. The summed E-state index contributed by atoms with van der Waals surface area (Å²) in [4.78, 5) is 23.6. The molecule has 1 aromatic rings. The second kappa shape index (κ2) is 4.25. The fourth-order valence-corrected chi connectivity index (χ4v) is 2.07. The summed E-state index contributed by atoms with van der Waals surface area (Å²) in [7, 11) is 1.47. The van der Waals surface area contributed by atoms with E-state index in [1.165, 1.54) is 13.4 Å². The molecule has 2 amide bonds. The molecule has 0 N–H and O–H groups in total. The number of rotatable bonds is 1. The summed E-state index contributed by atoms with van der Waals surface area (Å²) in [5.74, 6) is -0.652. The van der Waals surface area contributed by atoms with Gasteiger partial charge in [0.05, 0.1) is 41.8 Å². The molecule has 1 aliphatic heterocycles. The number of ether oxygens (including phenoxy) is 1. The number of carbonyl (C=O) groups is 2. The Bertz CT molecular complexity index is 496. The molecule has 82 valence electrons. The number of imide groups is 1. The van der Waals surface area contributed by atoms with Crippen LogP contribution in [0.25, 0.3) is 5.57 Å². The van der Waals surface area contributed by atoms with Crippen molar-refractivity contribution in [2.75, 3.05) is 7.11 Å². The zero-order chi connectivity index (χ0) is 11.7. The molecular formula is C11H8INO3. The lowest BCUT2D eigenvalue weighted by molar-refractivity contribution is -0.118. The highest BCUT2D eigenvalue weighted by atomic mass is 127. The minimum Gasteiger partial charge on any atom is -0.504 e. The van der Waals surface area contributed by atoms with E-state index in [0.29, 0.717) is 16.7 Å². The fraction of sp³-hybridized carbons (Fsp3) is 0.0909. The van der Waals surface area contributed by atoms with Crippen LogP contribution in [0.15, 0.2) is 30.5 Å². The number of benzene rings is 1. The van der Waals surface area contributed by atoms with Crippen molar-refractivity contribution in [2.45, 2.75) is 0 Å². The monoisotopic (exact) mass is 329 g/mol. The predicted molar refractivity (Wildman–Crippen MR) is 66.6 cm³/mol. The molecule has 0 atom stereocenters. The Morgan fingerprint density at radius 3 is 2.44 bits per heavy atom. The van der Waals surface area contributed by atoms with E-state index in [2.05, 4.69) is 0 Å². The van der Waals surface area contributed by atoms with Crippen molar-refractivity contribution < 1.29 is 14.3 Å². The van der Waals surface area contributed by atoms with Crippen molar-refractivity contribution >= 4 is 40.3 Å². The van der Waals surface area contributed by atoms with E-state index in [1.54, 1.807) is 47.1 Å². The van der Waals surface area contributed by atoms with Gasteiger partial charge in [0.15, 0.2) is 0 Å². The van der Waals surface area contributed by atoms with Crippen LogP contribution < -0.4 is 0 Å². The van der Waals surface area contributed by atoms with Gasteiger partial charge in [0.2, 0.25) is 0 Å². The number of hydrogen-bond donors (Lipinski definition) is 0. The standard InChI is InChI=1S/C11H8INO3/c1-16-6-9-7-4-2-3-5-8(7)10(14)13(12)11(9)15/h2-6H,1H3. The first-order valence-corrected chi connectivity index (χ1v) is 5.50. The Hall–Kier alpha value is -1.37. The summed E-state index contributed by atoms with van der Waals surface area (Å²) in [6.07, 6.45) is 1.36. The van der Waals surface area contributed by atoms with Crippen LogP contribution in [-0.4, -0.2) is 22.0 Å². The molecule has 4 nitrogen and oxygen atoms in total. The van der Waals surface area contributed by atoms with Crippen LogP contribution in [0.2, 0.25) is 0 Å². The SMILES string of the molecule is COC=C1C(=O)N(I)C(=O)c2ccccc21. The Kier molecular flexibility index (Phi) is 2.95. The minimum atomic E-state index is -0.355. The molecule has 2 rings (SSSR count). The molecular weight excluding hydrogens is 321 g/mol. The smallest absolute Gasteiger partial charge is 0.273 e. The van der Waals surface area contributed by atoms with Gasteiger partial charge >= 0.3 is 0 Å². The van der Waals surface area contributed by atoms with Gasteiger partial charge in [-0.1, -0.05) is 18.2 Å². The number of methoxy groups -OCH3 is 1. The van der Waals surface area contributed by atoms with Gasteiger partial charge in [-0.15, -0.1) is 0 Å². The molecule has 1 aliphatic rings. The summed E-state index contributed by atoms with van der Waals surface area (Å²) in [6.45, 7) is 0. The average molecular weight is 329 g/mol. The Morgan fingerprint density at radius 2 is 1.81 bits per heavy atom. The van der Waals surface area contributed by atoms with Gasteiger partial charge in [0, 0.05) is 11.1 Å². The van der Waals surface area contributed by atoms with Crippen LogP contribution in [0.1, 0.15) is 15.9 Å². The van der Waals surface area contributed by atoms with Gasteiger partial charge in [-0.3, -0.25) is 9.59 Å². The first-order valence-electron chi connectivity index (χ1n) is 4.53. The molecule has 5 heteroatoms. The molecule has 1 aromatic carbocycles. The Labute approximate surface area is 106 Å². The highest BCUT2D eigenvalue weighted by Gasteiger charge is 2.33. The highest BCUT2D eigenvalue weighted by Crippen LogP contribution is 2.30. The molecule has 0 radical (unpaired) electrons. The lowest BCUT2D eigenvalue weighted by atomic mass is 9.96. The van der Waals surface area contributed by atoms with E-state index < -0.39 is 0 Å². The van der Waals surface area contributed by atoms with Crippen LogP contribution in [0.3, 0.4) is 0 Å². The molecule has 0 bridgehead atoms. The van der Waals surface area contributed by atoms with Crippen LogP contribution in [0, 0.1) is 0 Å². The molecule has 0 unspecified atom stereocenters. The fourth-order valence-electron chi connectivity index (χ4n) is 1.56. The first-order chi connectivity index (χ1) is 7.66. The largest absolute Gasteiger partial charge is 0.504 e. The zero-order valence-corrected chi connectivity index (χ0v) is 10.6. The van der Waals surface area contributed by atoms with Crippen molar-refractivity contribution in [1.82, 2.24) is 3.11 Å². The molecule has 0 aromatic heterocycles. The number of amides is 2. The summed E-state index contributed by atoms with van der Waals surface area (Å²) in [5.41, 5.74) is 1.53. The number of halogens is 1. The van der Waals surface area contributed by atoms with E-state index in [1.807, 2.05) is 0 Å². The van der Waals surface area contributed by atoms with Crippen LogP contribution in [0.5, 0.6) is 0 Å². The van der Waals surface area contributed by atoms with Crippen LogP contribution in [-0.2, 0) is 9.53 Å². The third kappa shape index (κ3) is 1.60. The third-order valence-corrected chi connectivity index (χ3v) is 3.15. The Balaban J connectivity index is 2.66. The third-order valence-electron chi connectivity index (χ3n) is 2.27. The minimum absolute atomic E-state index is 0.297. The number of hydrogen-bond acceptors (Lipinski definition) is 3. The molecule has 0 saturated heterocycles. The van der Waals surface area contributed by atoms with E-state index in [9.17, 15) is 9.59 Å². The quantitative estimate of drug-likeness (QED) is 0.260. The van der Waals surface area contributed by atoms with Gasteiger partial charge in [0.25, 0.3) is 11.8 Å². The zero-order valence-electron chi connectivity index (χ0n) is 8.44. The van der Waals surface area contributed by atoms with Gasteiger partial charge in [-0.05, 0) is 6.07 Å². The lowest BCUT2D eigenvalue weighted by Crippen LogP contribution is -2.34. The summed E-state index contributed by atoms with van der Waals surface area (Å²) >= 11 is 1.70. The summed E-state index contributed by atoms with van der Waals surface area (Å²) < 4.78 is 5.93. The second-order valence-corrected chi connectivity index (χ2v) is 4.17. The van der Waals surface area contributed by atoms with Crippen LogP contribution >= 0.6 is 22.9 Å². The molecule has 0 saturated carbocycles.